The van der Waals surface area contributed by atoms with E-state index in [1.54, 1.807) is 13.2 Å². The number of methoxy groups -OCH3 is 3. The molecule has 0 saturated carbocycles. The number of phenolic OH excluding ortho intramolecular Hbond substituents is 1. The Morgan fingerprint density at radius 2 is 1.62 bits per heavy atom. The SMILES string of the molecule is COc1ccc([C@@H]2CC(=O)C3=C(C2)NC(=O)C[C@@H]3c2cc(OC)c(O)c([N+](=O)[O-])c2)cc1OC. The number of rotatable bonds is 6. The molecule has 10 heteroatoms. The number of amides is 1. The van der Waals surface area contributed by atoms with E-state index in [-0.39, 0.29) is 36.2 Å². The van der Waals surface area contributed by atoms with Crippen molar-refractivity contribution in [3.8, 4) is 23.0 Å². The highest BCUT2D eigenvalue weighted by atomic mass is 16.6. The van der Waals surface area contributed by atoms with Crippen LogP contribution in [0.25, 0.3) is 0 Å². The number of ether oxygens (including phenoxy) is 3. The molecule has 0 bridgehead atoms. The molecule has 0 aromatic heterocycles. The van der Waals surface area contributed by atoms with Crippen LogP contribution in [0.1, 0.15) is 42.2 Å². The summed E-state index contributed by atoms with van der Waals surface area (Å²) in [4.78, 5) is 36.6. The van der Waals surface area contributed by atoms with Gasteiger partial charge in [-0.05, 0) is 41.7 Å². The smallest absolute Gasteiger partial charge is 0.314 e. The first kappa shape index (κ1) is 23.1. The van der Waals surface area contributed by atoms with Crippen LogP contribution in [0.3, 0.4) is 0 Å². The Kier molecular flexibility index (Phi) is 6.14. The number of Topliss-reactive ketones (excluding diaryl/α,β-unsaturated/α-hetero) is 1. The number of benzene rings is 2. The average Bonchev–Trinajstić information content (AvgIpc) is 2.82. The Hall–Kier alpha value is -4.08. The standard InChI is InChI=1S/C24H24N2O8/c1-32-19-5-4-12(9-20(19)33-2)13-6-16-23(18(27)8-13)15(11-22(28)25-16)14-7-17(26(30)31)24(29)21(10-14)34-3/h4-5,7,9-10,13,15,29H,6,8,11H2,1-3H3,(H,25,28)/t13-,15+/m0/s1. The number of carbonyl (C=O) groups is 2. The average molecular weight is 468 g/mol. The Morgan fingerprint density at radius 3 is 2.26 bits per heavy atom. The first-order valence-electron chi connectivity index (χ1n) is 10.6. The third kappa shape index (κ3) is 4.02. The second-order valence-corrected chi connectivity index (χ2v) is 8.19. The minimum absolute atomic E-state index is 0.0450. The van der Waals surface area contributed by atoms with E-state index in [9.17, 15) is 24.8 Å². The van der Waals surface area contributed by atoms with Crippen LogP contribution in [0, 0.1) is 10.1 Å². The number of nitrogens with one attached hydrogen (secondary N) is 1. The van der Waals surface area contributed by atoms with Crippen molar-refractivity contribution in [2.45, 2.75) is 31.1 Å². The van der Waals surface area contributed by atoms with E-state index in [0.717, 1.165) is 5.56 Å². The van der Waals surface area contributed by atoms with Crippen molar-refractivity contribution < 1.29 is 33.8 Å². The van der Waals surface area contributed by atoms with Crippen LogP contribution in [-0.4, -0.2) is 43.0 Å². The van der Waals surface area contributed by atoms with Gasteiger partial charge in [-0.2, -0.15) is 0 Å². The van der Waals surface area contributed by atoms with Crippen LogP contribution < -0.4 is 19.5 Å². The summed E-state index contributed by atoms with van der Waals surface area (Å²) in [5, 5.41) is 24.4. The number of phenols is 1. The summed E-state index contributed by atoms with van der Waals surface area (Å²) >= 11 is 0. The van der Waals surface area contributed by atoms with Gasteiger partial charge < -0.3 is 24.6 Å². The van der Waals surface area contributed by atoms with Gasteiger partial charge in [0.25, 0.3) is 0 Å². The normalized spacial score (nSPS) is 19.9. The van der Waals surface area contributed by atoms with Crippen molar-refractivity contribution >= 4 is 17.4 Å². The molecule has 1 amide bonds. The van der Waals surface area contributed by atoms with Gasteiger partial charge in [-0.15, -0.1) is 0 Å². The van der Waals surface area contributed by atoms with Gasteiger partial charge in [-0.1, -0.05) is 6.07 Å². The quantitative estimate of drug-likeness (QED) is 0.486. The van der Waals surface area contributed by atoms with Crippen LogP contribution in [0.5, 0.6) is 23.0 Å². The predicted molar refractivity (Wildman–Crippen MR) is 120 cm³/mol. The number of ketones is 1. The molecule has 2 aliphatic rings. The lowest BCUT2D eigenvalue weighted by Crippen LogP contribution is -2.38. The summed E-state index contributed by atoms with van der Waals surface area (Å²) in [6, 6.07) is 8.08. The van der Waals surface area contributed by atoms with Crippen molar-refractivity contribution in [1.29, 1.82) is 0 Å². The van der Waals surface area contributed by atoms with E-state index in [1.807, 2.05) is 12.1 Å². The number of carbonyl (C=O) groups excluding carboxylic acids is 2. The van der Waals surface area contributed by atoms with Gasteiger partial charge in [0.05, 0.1) is 26.3 Å². The third-order valence-electron chi connectivity index (χ3n) is 6.31. The predicted octanol–water partition coefficient (Wildman–Crippen LogP) is 3.33. The number of hydrogen-bond donors (Lipinski definition) is 2. The monoisotopic (exact) mass is 468 g/mol. The maximum atomic E-state index is 13.3. The number of aromatic hydroxyl groups is 1. The molecule has 2 atom stereocenters. The molecule has 4 rings (SSSR count). The molecule has 178 valence electrons. The Balaban J connectivity index is 1.75. The summed E-state index contributed by atoms with van der Waals surface area (Å²) in [5.41, 5.74) is 1.62. The fourth-order valence-corrected chi connectivity index (χ4v) is 4.70. The van der Waals surface area contributed by atoms with Gasteiger partial charge in [0.15, 0.2) is 23.0 Å². The van der Waals surface area contributed by atoms with E-state index >= 15 is 0 Å². The van der Waals surface area contributed by atoms with Crippen LogP contribution >= 0.6 is 0 Å². The van der Waals surface area contributed by atoms with Crippen molar-refractivity contribution in [3.63, 3.8) is 0 Å². The van der Waals surface area contributed by atoms with Gasteiger partial charge in [0, 0.05) is 36.1 Å². The lowest BCUT2D eigenvalue weighted by molar-refractivity contribution is -0.386. The molecular weight excluding hydrogens is 444 g/mol. The Labute approximate surface area is 195 Å². The maximum absolute atomic E-state index is 13.3. The zero-order valence-corrected chi connectivity index (χ0v) is 18.9. The number of nitro groups is 1. The second kappa shape index (κ2) is 9.05. The van der Waals surface area contributed by atoms with E-state index < -0.39 is 22.3 Å². The van der Waals surface area contributed by atoms with E-state index in [1.165, 1.54) is 26.4 Å². The van der Waals surface area contributed by atoms with Gasteiger partial charge in [-0.3, -0.25) is 19.7 Å². The van der Waals surface area contributed by atoms with Crippen molar-refractivity contribution in [2.75, 3.05) is 21.3 Å². The number of nitro benzene ring substituents is 1. The molecule has 34 heavy (non-hydrogen) atoms. The molecule has 1 aliphatic carbocycles. The molecule has 10 nitrogen and oxygen atoms in total. The van der Waals surface area contributed by atoms with Gasteiger partial charge in [0.2, 0.25) is 11.7 Å². The highest BCUT2D eigenvalue weighted by molar-refractivity contribution is 6.02. The lowest BCUT2D eigenvalue weighted by atomic mass is 9.73. The summed E-state index contributed by atoms with van der Waals surface area (Å²) in [6.45, 7) is 0. The molecule has 1 heterocycles. The fourth-order valence-electron chi connectivity index (χ4n) is 4.70. The minimum Gasteiger partial charge on any atom is -0.500 e. The molecule has 0 saturated heterocycles. The molecule has 0 unspecified atom stereocenters. The van der Waals surface area contributed by atoms with Gasteiger partial charge in [-0.25, -0.2) is 0 Å². The van der Waals surface area contributed by atoms with E-state index in [0.29, 0.717) is 34.8 Å². The Bertz CT molecular complexity index is 1220. The molecule has 2 N–H and O–H groups in total. The molecule has 0 fully saturated rings. The van der Waals surface area contributed by atoms with Crippen LogP contribution in [0.15, 0.2) is 41.6 Å². The van der Waals surface area contributed by atoms with Crippen molar-refractivity contribution in [3.05, 3.63) is 62.8 Å². The second-order valence-electron chi connectivity index (χ2n) is 8.19. The number of hydrogen-bond acceptors (Lipinski definition) is 8. The molecular formula is C24H24N2O8. The largest absolute Gasteiger partial charge is 0.500 e. The first-order chi connectivity index (χ1) is 16.3. The van der Waals surface area contributed by atoms with Crippen LogP contribution in [0.4, 0.5) is 5.69 Å². The maximum Gasteiger partial charge on any atom is 0.314 e. The zero-order valence-electron chi connectivity index (χ0n) is 18.9. The lowest BCUT2D eigenvalue weighted by Gasteiger charge is -2.34. The molecule has 2 aromatic rings. The fraction of sp³-hybridized carbons (Fsp3) is 0.333. The number of allylic oxidation sites excluding steroid dienone is 2. The highest BCUT2D eigenvalue weighted by Crippen LogP contribution is 2.46. The molecule has 0 spiro atoms. The highest BCUT2D eigenvalue weighted by Gasteiger charge is 2.39. The molecule has 1 aliphatic heterocycles. The Morgan fingerprint density at radius 1 is 0.941 bits per heavy atom. The zero-order chi connectivity index (χ0) is 24.6. The summed E-state index contributed by atoms with van der Waals surface area (Å²) in [5.74, 6) is -0.897. The van der Waals surface area contributed by atoms with Crippen LogP contribution in [-0.2, 0) is 9.59 Å². The first-order valence-corrected chi connectivity index (χ1v) is 10.6. The topological polar surface area (TPSA) is 137 Å². The van der Waals surface area contributed by atoms with E-state index in [4.69, 9.17) is 14.2 Å². The summed E-state index contributed by atoms with van der Waals surface area (Å²) in [6.07, 6.45) is 0.574. The van der Waals surface area contributed by atoms with Gasteiger partial charge >= 0.3 is 5.69 Å². The third-order valence-corrected chi connectivity index (χ3v) is 6.31. The minimum atomic E-state index is -0.727. The molecule has 2 aromatic carbocycles. The van der Waals surface area contributed by atoms with E-state index in [2.05, 4.69) is 5.32 Å². The number of nitrogens with zero attached hydrogens (tertiary/aromatic N) is 1. The van der Waals surface area contributed by atoms with Crippen molar-refractivity contribution in [1.82, 2.24) is 5.32 Å². The van der Waals surface area contributed by atoms with Gasteiger partial charge in [0.1, 0.15) is 0 Å². The molecule has 0 radical (unpaired) electrons. The van der Waals surface area contributed by atoms with Crippen LogP contribution in [0.2, 0.25) is 0 Å². The summed E-state index contributed by atoms with van der Waals surface area (Å²) in [7, 11) is 4.35. The summed E-state index contributed by atoms with van der Waals surface area (Å²) < 4.78 is 15.8. The van der Waals surface area contributed by atoms with Crippen molar-refractivity contribution in [2.24, 2.45) is 0 Å².